The van der Waals surface area contributed by atoms with Gasteiger partial charge in [0, 0.05) is 0 Å². The van der Waals surface area contributed by atoms with E-state index in [4.69, 9.17) is 10.2 Å². The van der Waals surface area contributed by atoms with Crippen molar-refractivity contribution in [1.82, 2.24) is 0 Å². The van der Waals surface area contributed by atoms with Gasteiger partial charge in [-0.1, -0.05) is 0 Å². The Morgan fingerprint density at radius 3 is 1.89 bits per heavy atom. The van der Waals surface area contributed by atoms with Crippen LogP contribution in [0.3, 0.4) is 0 Å². The van der Waals surface area contributed by atoms with Gasteiger partial charge in [-0.3, -0.25) is 4.79 Å². The van der Waals surface area contributed by atoms with E-state index in [1.54, 1.807) is 0 Å². The predicted octanol–water partition coefficient (Wildman–Crippen LogP) is -0.559. The molecule has 4 heteroatoms. The number of aliphatic hydroxyl groups excluding tert-OH is 1. The van der Waals surface area contributed by atoms with Crippen molar-refractivity contribution in [2.45, 2.75) is 13.8 Å². The molecule has 9 heavy (non-hydrogen) atoms. The van der Waals surface area contributed by atoms with E-state index in [-0.39, 0.29) is 58.0 Å². The zero-order valence-corrected chi connectivity index (χ0v) is 5.01. The Balaban J connectivity index is 0. The fraction of sp³-hybridized carbons (Fsp3) is 0.800. The molecule has 0 amide bonds. The molecule has 0 heterocycles. The summed E-state index contributed by atoms with van der Waals surface area (Å²) in [5, 5.41) is 16.7. The second kappa shape index (κ2) is 4.82. The van der Waals surface area contributed by atoms with Crippen LogP contribution in [0.25, 0.3) is 0 Å². The molecule has 0 rings (SSSR count). The third kappa shape index (κ3) is 4.47. The number of hydrogen-bond acceptors (Lipinski definition) is 2. The van der Waals surface area contributed by atoms with Crippen LogP contribution in [0.4, 0.5) is 0 Å². The van der Waals surface area contributed by atoms with Crippen molar-refractivity contribution in [3.63, 3.8) is 0 Å². The molecule has 0 radical (unpaired) electrons. The number of rotatable bonds is 2. The van der Waals surface area contributed by atoms with Gasteiger partial charge in [-0.05, 0) is 13.8 Å². The van der Waals surface area contributed by atoms with E-state index in [1.165, 1.54) is 13.8 Å². The molecule has 0 aromatic heterocycles. The third-order valence-electron chi connectivity index (χ3n) is 0.974. The summed E-state index contributed by atoms with van der Waals surface area (Å²) in [6, 6.07) is 0. The first-order valence-electron chi connectivity index (χ1n) is 2.35. The Morgan fingerprint density at radius 2 is 1.89 bits per heavy atom. The normalized spacial score (nSPS) is 10.1. The Morgan fingerprint density at radius 1 is 1.56 bits per heavy atom. The van der Waals surface area contributed by atoms with Crippen LogP contribution in [0.15, 0.2) is 0 Å². The molecule has 0 saturated carbocycles. The summed E-state index contributed by atoms with van der Waals surface area (Å²) in [5.41, 5.74) is -0.986. The van der Waals surface area contributed by atoms with Gasteiger partial charge in [0.25, 0.3) is 0 Å². The summed E-state index contributed by atoms with van der Waals surface area (Å²) >= 11 is 0. The molecule has 0 spiro atoms. The molecule has 3 nitrogen and oxygen atoms in total. The van der Waals surface area contributed by atoms with Crippen molar-refractivity contribution in [2.24, 2.45) is 5.41 Å². The maximum absolute atomic E-state index is 10.1. The van der Waals surface area contributed by atoms with E-state index in [9.17, 15) is 4.79 Å². The van der Waals surface area contributed by atoms with Gasteiger partial charge in [0.2, 0.25) is 0 Å². The molecule has 0 unspecified atom stereocenters. The summed E-state index contributed by atoms with van der Waals surface area (Å²) in [6.07, 6.45) is 0. The molecule has 0 fully saturated rings. The fourth-order valence-corrected chi connectivity index (χ4v) is 0.0676. The number of carboxylic acid groups (broad SMARTS) is 1. The summed E-state index contributed by atoms with van der Waals surface area (Å²) in [4.78, 5) is 10.1. The van der Waals surface area contributed by atoms with Crippen LogP contribution in [0.1, 0.15) is 13.8 Å². The van der Waals surface area contributed by atoms with E-state index in [0.29, 0.717) is 0 Å². The SMILES string of the molecule is CC(C)(CO)C(=O)O.[KH]. The van der Waals surface area contributed by atoms with Gasteiger partial charge in [0.15, 0.2) is 0 Å². The molecular weight excluding hydrogens is 147 g/mol. The Bertz CT molecular complexity index is 100. The van der Waals surface area contributed by atoms with E-state index in [0.717, 1.165) is 0 Å². The van der Waals surface area contributed by atoms with Crippen LogP contribution in [0, 0.1) is 5.41 Å². The standard InChI is InChI=1S/C5H10O3.K.H/c1-5(2,3-6)4(7)8;;/h6H,3H2,1-2H3,(H,7,8);;. The molecular formula is C5H11KO3. The molecule has 50 valence electrons. The summed E-state index contributed by atoms with van der Waals surface area (Å²) in [5.74, 6) is -0.972. The third-order valence-corrected chi connectivity index (χ3v) is 0.974. The van der Waals surface area contributed by atoms with Crippen molar-refractivity contribution in [1.29, 1.82) is 0 Å². The van der Waals surface area contributed by atoms with Crippen LogP contribution in [-0.4, -0.2) is 74.2 Å². The van der Waals surface area contributed by atoms with Crippen LogP contribution < -0.4 is 0 Å². The second-order valence-electron chi connectivity index (χ2n) is 2.35. The quantitative estimate of drug-likeness (QED) is 0.530. The minimum atomic E-state index is -0.986. The Hall–Kier alpha value is 1.07. The van der Waals surface area contributed by atoms with Crippen LogP contribution in [0.2, 0.25) is 0 Å². The van der Waals surface area contributed by atoms with Crippen molar-refractivity contribution in [3.8, 4) is 0 Å². The second-order valence-corrected chi connectivity index (χ2v) is 2.35. The molecule has 2 N–H and O–H groups in total. The van der Waals surface area contributed by atoms with Gasteiger partial charge in [0.1, 0.15) is 0 Å². The molecule has 0 aromatic rings. The Kier molecular flexibility index (Phi) is 6.81. The van der Waals surface area contributed by atoms with Gasteiger partial charge in [-0.2, -0.15) is 0 Å². The average Bonchev–Trinajstić information content (AvgIpc) is 1.67. The Labute approximate surface area is 96.9 Å². The number of carbonyl (C=O) groups is 1. The molecule has 0 saturated heterocycles. The zero-order chi connectivity index (χ0) is 6.78. The van der Waals surface area contributed by atoms with E-state index in [1.807, 2.05) is 0 Å². The van der Waals surface area contributed by atoms with Crippen LogP contribution in [-0.2, 0) is 4.79 Å². The van der Waals surface area contributed by atoms with E-state index >= 15 is 0 Å². The molecule has 0 bridgehead atoms. The van der Waals surface area contributed by atoms with Gasteiger partial charge in [0.05, 0.1) is 12.0 Å². The molecule has 0 aliphatic rings. The summed E-state index contributed by atoms with van der Waals surface area (Å²) in [6.45, 7) is 2.62. The van der Waals surface area contributed by atoms with E-state index < -0.39 is 11.4 Å². The van der Waals surface area contributed by atoms with Crippen molar-refractivity contribution in [2.75, 3.05) is 6.61 Å². The molecule has 0 atom stereocenters. The van der Waals surface area contributed by atoms with E-state index in [2.05, 4.69) is 0 Å². The maximum atomic E-state index is 10.1. The molecule has 0 aliphatic heterocycles. The first-order chi connectivity index (χ1) is 3.50. The van der Waals surface area contributed by atoms with Crippen molar-refractivity contribution < 1.29 is 15.0 Å². The number of carboxylic acids is 1. The summed E-state index contributed by atoms with van der Waals surface area (Å²) < 4.78 is 0. The van der Waals surface area contributed by atoms with Crippen molar-refractivity contribution >= 4 is 57.4 Å². The van der Waals surface area contributed by atoms with Crippen LogP contribution >= 0.6 is 0 Å². The topological polar surface area (TPSA) is 57.5 Å². The fourth-order valence-electron chi connectivity index (χ4n) is 0.0676. The average molecular weight is 158 g/mol. The van der Waals surface area contributed by atoms with Gasteiger partial charge >= 0.3 is 57.4 Å². The van der Waals surface area contributed by atoms with Gasteiger partial charge in [-0.15, -0.1) is 0 Å². The number of hydrogen-bond donors (Lipinski definition) is 2. The summed E-state index contributed by atoms with van der Waals surface area (Å²) in [7, 11) is 0. The number of aliphatic carboxylic acids is 1. The first kappa shape index (κ1) is 12.7. The molecule has 0 aliphatic carbocycles. The monoisotopic (exact) mass is 158 g/mol. The van der Waals surface area contributed by atoms with Crippen molar-refractivity contribution in [3.05, 3.63) is 0 Å². The predicted molar refractivity (Wildman–Crippen MR) is 35.7 cm³/mol. The van der Waals surface area contributed by atoms with Gasteiger partial charge in [-0.25, -0.2) is 0 Å². The van der Waals surface area contributed by atoms with Gasteiger partial charge < -0.3 is 10.2 Å². The zero-order valence-electron chi connectivity index (χ0n) is 5.01. The first-order valence-corrected chi connectivity index (χ1v) is 2.35. The molecule has 0 aromatic carbocycles. The number of aliphatic hydroxyl groups is 1. The minimum absolute atomic E-state index is 0. The van der Waals surface area contributed by atoms with Crippen LogP contribution in [0.5, 0.6) is 0 Å².